The van der Waals surface area contributed by atoms with E-state index < -0.39 is 22.4 Å². The molecule has 0 aliphatic heterocycles. The van der Waals surface area contributed by atoms with Gasteiger partial charge in [-0.2, -0.15) is 0 Å². The fourth-order valence-electron chi connectivity index (χ4n) is 7.48. The minimum absolute atomic E-state index is 0.0254. The summed E-state index contributed by atoms with van der Waals surface area (Å²) in [7, 11) is -4.56. The van der Waals surface area contributed by atoms with Crippen LogP contribution >= 0.6 is 0 Å². The van der Waals surface area contributed by atoms with Crippen LogP contribution in [0.1, 0.15) is 133 Å². The summed E-state index contributed by atoms with van der Waals surface area (Å²) < 4.78 is 27.1. The molecule has 7 heteroatoms. The molecule has 0 aromatic rings. The summed E-state index contributed by atoms with van der Waals surface area (Å²) in [5.41, 5.74) is 5.56. The van der Waals surface area contributed by atoms with Crippen molar-refractivity contribution in [2.45, 2.75) is 188 Å². The van der Waals surface area contributed by atoms with Gasteiger partial charge in [0.05, 0.1) is 6.10 Å². The van der Waals surface area contributed by atoms with Crippen molar-refractivity contribution in [1.82, 2.24) is 0 Å². The van der Waals surface area contributed by atoms with Gasteiger partial charge in [0.1, 0.15) is 12.7 Å². The fraction of sp³-hybridized carbons (Fsp3) is 0.780. The molecule has 0 aromatic carbocycles. The normalized spacial score (nSPS) is 29.6. The van der Waals surface area contributed by atoms with Gasteiger partial charge in [0.25, 0.3) is 0 Å². The molecule has 0 aromatic heterocycles. The average molecular weight is 701 g/mol. The van der Waals surface area contributed by atoms with Crippen LogP contribution in [-0.2, 0) is 23.1 Å². The molecule has 3 aliphatic rings. The predicted octanol–water partition coefficient (Wildman–Crippen LogP) is 12.0. The van der Waals surface area contributed by atoms with E-state index in [1.165, 1.54) is 18.4 Å². The molecule has 0 heterocycles. The smallest absolute Gasteiger partial charge is 0.332 e. The van der Waals surface area contributed by atoms with Gasteiger partial charge in [-0.25, -0.2) is 4.79 Å². The number of fused-ring (bicyclic) bond motifs is 1. The molecule has 0 radical (unpaired) electrons. The van der Waals surface area contributed by atoms with Crippen LogP contribution < -0.4 is 0 Å². The van der Waals surface area contributed by atoms with Crippen LogP contribution in [0.5, 0.6) is 0 Å². The van der Waals surface area contributed by atoms with Crippen molar-refractivity contribution in [2.24, 2.45) is 11.3 Å². The van der Waals surface area contributed by atoms with Gasteiger partial charge in [0, 0.05) is 12.8 Å². The monoisotopic (exact) mass is 700 g/mol. The third-order valence-electron chi connectivity index (χ3n) is 12.7. The first-order chi connectivity index (χ1) is 22.0. The van der Waals surface area contributed by atoms with Crippen molar-refractivity contribution in [3.8, 4) is 0 Å². The topological polar surface area (TPSA) is 54.0 Å². The van der Waals surface area contributed by atoms with Crippen molar-refractivity contribution in [3.63, 3.8) is 0 Å². The Labute approximate surface area is 297 Å². The lowest BCUT2D eigenvalue weighted by molar-refractivity contribution is -0.217. The summed E-state index contributed by atoms with van der Waals surface area (Å²) in [5.74, 6) is -0.796. The average Bonchev–Trinajstić information content (AvgIpc) is 3.32. The summed E-state index contributed by atoms with van der Waals surface area (Å²) in [6, 6.07) is 0. The highest BCUT2D eigenvalue weighted by atomic mass is 28.4. The second-order valence-corrected chi connectivity index (χ2v) is 27.7. The fourth-order valence-corrected chi connectivity index (χ4v) is 10.2. The maximum Gasteiger partial charge on any atom is 0.332 e. The highest BCUT2D eigenvalue weighted by Gasteiger charge is 2.52. The number of carbonyl (C=O) groups excluding carboxylic acids is 1. The Morgan fingerprint density at radius 2 is 1.69 bits per heavy atom. The molecule has 2 saturated carbocycles. The van der Waals surface area contributed by atoms with Gasteiger partial charge in [-0.15, -0.1) is 0 Å². The third-order valence-corrected chi connectivity index (χ3v) is 21.6. The van der Waals surface area contributed by atoms with Crippen LogP contribution in [0.2, 0.25) is 36.3 Å². The van der Waals surface area contributed by atoms with Crippen LogP contribution in [0.15, 0.2) is 47.1 Å². The SMILES string of the molecule is C=C1C(=CC=C2CCC[C@]3(C)C(CC)=CC[C@@H]23)C[C@@](OCC(=O)O[C@@H](CC)CCC)(O[Si](C)(C)C(C)(C)C)C[C@@H]1O[Si](C)(C)C(C)(C)C. The standard InChI is InChI=1S/C41H72O5Si2/c1-16-20-34(18-3)44-37(42)29-43-41(46-48(14,15)39(8,9)10)27-32(30(4)36(28-41)45-47(12,13)38(5,6)7)23-22-31-21-19-26-40(11)33(17-2)24-25-35(31)40/h22-24,34-36H,4,16-21,25-29H2,1-3,5-15H3/t34-,35-,36-,40+,41+/m0/s1. The van der Waals surface area contributed by atoms with Gasteiger partial charge in [-0.05, 0) is 104 Å². The molecule has 0 bridgehead atoms. The summed E-state index contributed by atoms with van der Waals surface area (Å²) in [6.07, 6.45) is 16.4. The number of esters is 1. The second-order valence-electron chi connectivity index (χ2n) is 18.2. The Balaban J connectivity index is 2.09. The number of allylic oxidation sites excluding steroid dienone is 5. The van der Waals surface area contributed by atoms with E-state index in [2.05, 4.69) is 120 Å². The predicted molar refractivity (Wildman–Crippen MR) is 207 cm³/mol. The molecule has 0 amide bonds. The number of hydrogen-bond acceptors (Lipinski definition) is 5. The zero-order valence-electron chi connectivity index (χ0n) is 33.5. The van der Waals surface area contributed by atoms with E-state index in [4.69, 9.17) is 18.3 Å². The Morgan fingerprint density at radius 3 is 2.25 bits per heavy atom. The molecule has 0 N–H and O–H groups in total. The number of rotatable bonds is 13. The van der Waals surface area contributed by atoms with Gasteiger partial charge in [0.15, 0.2) is 22.4 Å². The summed E-state index contributed by atoms with van der Waals surface area (Å²) in [4.78, 5) is 13.3. The Bertz CT molecular complexity index is 1250. The van der Waals surface area contributed by atoms with E-state index >= 15 is 0 Å². The zero-order valence-corrected chi connectivity index (χ0v) is 35.5. The highest BCUT2D eigenvalue weighted by Crippen LogP contribution is 2.56. The lowest BCUT2D eigenvalue weighted by Crippen LogP contribution is -2.56. The van der Waals surface area contributed by atoms with E-state index in [0.717, 1.165) is 49.7 Å². The molecule has 48 heavy (non-hydrogen) atoms. The minimum Gasteiger partial charge on any atom is -0.461 e. The van der Waals surface area contributed by atoms with E-state index in [-0.39, 0.29) is 40.3 Å². The van der Waals surface area contributed by atoms with Crippen molar-refractivity contribution in [2.75, 3.05) is 6.61 Å². The second kappa shape index (κ2) is 15.5. The van der Waals surface area contributed by atoms with Crippen molar-refractivity contribution >= 4 is 22.6 Å². The van der Waals surface area contributed by atoms with Crippen LogP contribution in [0.3, 0.4) is 0 Å². The number of carbonyl (C=O) groups is 1. The molecule has 3 rings (SSSR count). The van der Waals surface area contributed by atoms with E-state index in [1.807, 2.05) is 0 Å². The Hall–Kier alpha value is -1.26. The van der Waals surface area contributed by atoms with E-state index in [1.54, 1.807) is 5.57 Å². The molecule has 0 spiro atoms. The van der Waals surface area contributed by atoms with E-state index in [9.17, 15) is 4.79 Å². The van der Waals surface area contributed by atoms with Gasteiger partial charge >= 0.3 is 5.97 Å². The van der Waals surface area contributed by atoms with Gasteiger partial charge in [0.2, 0.25) is 0 Å². The maximum absolute atomic E-state index is 13.3. The van der Waals surface area contributed by atoms with Crippen LogP contribution in [0.25, 0.3) is 0 Å². The quantitative estimate of drug-likeness (QED) is 0.0828. The van der Waals surface area contributed by atoms with Crippen molar-refractivity contribution in [3.05, 3.63) is 47.1 Å². The number of hydrogen-bond donors (Lipinski definition) is 0. The first kappa shape index (κ1) is 41.2. The van der Waals surface area contributed by atoms with Gasteiger partial charge < -0.3 is 18.3 Å². The summed E-state index contributed by atoms with van der Waals surface area (Å²) in [6.45, 7) is 36.2. The maximum atomic E-state index is 13.3. The van der Waals surface area contributed by atoms with Gasteiger partial charge in [-0.1, -0.05) is 112 Å². The van der Waals surface area contributed by atoms with Crippen molar-refractivity contribution < 1.29 is 23.1 Å². The Morgan fingerprint density at radius 1 is 1.04 bits per heavy atom. The molecule has 0 saturated heterocycles. The molecule has 274 valence electrons. The molecule has 5 nitrogen and oxygen atoms in total. The summed E-state index contributed by atoms with van der Waals surface area (Å²) in [5, 5.41) is -0.0228. The zero-order chi connectivity index (χ0) is 36.3. The summed E-state index contributed by atoms with van der Waals surface area (Å²) >= 11 is 0. The van der Waals surface area contributed by atoms with Crippen LogP contribution in [-0.4, -0.2) is 47.2 Å². The Kier molecular flexibility index (Phi) is 13.3. The first-order valence-corrected chi connectivity index (χ1v) is 24.9. The molecule has 2 fully saturated rings. The molecule has 5 atom stereocenters. The lowest BCUT2D eigenvalue weighted by atomic mass is 9.64. The molecule has 0 unspecified atom stereocenters. The molecular formula is C41H72O5Si2. The lowest BCUT2D eigenvalue weighted by Gasteiger charge is -2.51. The largest absolute Gasteiger partial charge is 0.461 e. The van der Waals surface area contributed by atoms with Gasteiger partial charge in [-0.3, -0.25) is 0 Å². The van der Waals surface area contributed by atoms with Crippen molar-refractivity contribution in [1.29, 1.82) is 0 Å². The third kappa shape index (κ3) is 9.34. The molecular weight excluding hydrogens is 629 g/mol. The number of ether oxygens (including phenoxy) is 2. The van der Waals surface area contributed by atoms with E-state index in [0.29, 0.717) is 18.8 Å². The molecule has 3 aliphatic carbocycles. The first-order valence-electron chi connectivity index (χ1n) is 19.0. The highest BCUT2D eigenvalue weighted by molar-refractivity contribution is 6.74. The minimum atomic E-state index is -2.36. The van der Waals surface area contributed by atoms with Crippen LogP contribution in [0.4, 0.5) is 0 Å². The van der Waals surface area contributed by atoms with Crippen LogP contribution in [0, 0.1) is 11.3 Å².